The molecule has 3 rings (SSSR count). The molecule has 0 amide bonds. The molecule has 3 N–H and O–H groups in total. The van der Waals surface area contributed by atoms with Gasteiger partial charge in [0.2, 0.25) is 0 Å². The molecule has 0 aliphatic heterocycles. The van der Waals surface area contributed by atoms with Gasteiger partial charge in [-0.15, -0.1) is 0 Å². The Kier molecular flexibility index (Phi) is 5.32. The van der Waals surface area contributed by atoms with Crippen LogP contribution in [0, 0.1) is 0 Å². The van der Waals surface area contributed by atoms with Crippen LogP contribution in [0.25, 0.3) is 0 Å². The smallest absolute Gasteiger partial charge is 0.339 e. The second kappa shape index (κ2) is 7.82. The lowest BCUT2D eigenvalue weighted by atomic mass is 10.2. The van der Waals surface area contributed by atoms with Gasteiger partial charge < -0.3 is 15.5 Å². The maximum Gasteiger partial charge on any atom is 0.339 e. The average Bonchev–Trinajstić information content (AvgIpc) is 2.63. The van der Waals surface area contributed by atoms with E-state index in [1.165, 1.54) is 22.7 Å². The van der Waals surface area contributed by atoms with Crippen LogP contribution < -0.4 is 15.9 Å². The molecule has 0 bridgehead atoms. The van der Waals surface area contributed by atoms with Gasteiger partial charge in [-0.1, -0.05) is 60.7 Å². The van der Waals surface area contributed by atoms with E-state index in [0.717, 1.165) is 0 Å². The Bertz CT molecular complexity index is 814. The monoisotopic (exact) mass is 351 g/mol. The van der Waals surface area contributed by atoms with Crippen molar-refractivity contribution in [3.63, 3.8) is 0 Å². The minimum atomic E-state index is -1.14. The topological polar surface area (TPSA) is 69.6 Å². The number of anilines is 1. The number of nitrogens with one attached hydrogen (secondary N) is 1. The third-order valence-corrected chi connectivity index (χ3v) is 6.12. The lowest BCUT2D eigenvalue weighted by Crippen LogP contribution is -2.17. The molecule has 0 atom stereocenters. The third-order valence-electron chi connectivity index (χ3n) is 3.81. The van der Waals surface area contributed by atoms with Crippen LogP contribution in [-0.2, 0) is 0 Å². The molecule has 0 spiro atoms. The van der Waals surface area contributed by atoms with Gasteiger partial charge in [0.05, 0.1) is 0 Å². The van der Waals surface area contributed by atoms with Crippen molar-refractivity contribution >= 4 is 30.2 Å². The molecule has 3 aromatic carbocycles. The fourth-order valence-corrected chi connectivity index (χ4v) is 4.61. The van der Waals surface area contributed by atoms with E-state index >= 15 is 0 Å². The highest BCUT2D eigenvalue weighted by Gasteiger charge is 2.14. The van der Waals surface area contributed by atoms with Gasteiger partial charge in [-0.05, 0) is 30.7 Å². The van der Waals surface area contributed by atoms with Gasteiger partial charge >= 0.3 is 5.97 Å². The van der Waals surface area contributed by atoms with Crippen LogP contribution in [0.5, 0.6) is 5.75 Å². The lowest BCUT2D eigenvalue weighted by Gasteiger charge is -2.20. The zero-order valence-electron chi connectivity index (χ0n) is 13.5. The van der Waals surface area contributed by atoms with Crippen LogP contribution in [-0.4, -0.2) is 22.5 Å². The molecule has 0 aromatic heterocycles. The molecule has 0 radical (unpaired) electrons. The second-order valence-electron chi connectivity index (χ2n) is 5.47. The van der Waals surface area contributed by atoms with Crippen molar-refractivity contribution in [2.45, 2.75) is 0 Å². The van der Waals surface area contributed by atoms with E-state index in [-0.39, 0.29) is 11.3 Å². The first-order valence-electron chi connectivity index (χ1n) is 7.83. The molecule has 0 saturated carbocycles. The molecule has 4 nitrogen and oxygen atoms in total. The minimum Gasteiger partial charge on any atom is -0.507 e. The van der Waals surface area contributed by atoms with E-state index in [2.05, 4.69) is 29.6 Å². The molecule has 0 heterocycles. The SMILES string of the molecule is O=C(O)c1ccc(NCP(c2ccccc2)c2ccccc2)cc1O. The fourth-order valence-electron chi connectivity index (χ4n) is 2.54. The van der Waals surface area contributed by atoms with E-state index < -0.39 is 13.9 Å². The van der Waals surface area contributed by atoms with Gasteiger partial charge in [-0.3, -0.25) is 0 Å². The maximum atomic E-state index is 11.0. The van der Waals surface area contributed by atoms with Crippen LogP contribution in [0.4, 0.5) is 5.69 Å². The summed E-state index contributed by atoms with van der Waals surface area (Å²) in [6.07, 6.45) is 0.690. The number of hydrogen-bond donors (Lipinski definition) is 3. The Hall–Kier alpha value is -2.84. The van der Waals surface area contributed by atoms with Crippen molar-refractivity contribution in [3.8, 4) is 5.75 Å². The first-order chi connectivity index (χ1) is 12.1. The largest absolute Gasteiger partial charge is 0.507 e. The van der Waals surface area contributed by atoms with E-state index in [9.17, 15) is 9.90 Å². The molecule has 0 aliphatic carbocycles. The van der Waals surface area contributed by atoms with Gasteiger partial charge in [0.15, 0.2) is 0 Å². The summed E-state index contributed by atoms with van der Waals surface area (Å²) in [5.41, 5.74) is 0.598. The van der Waals surface area contributed by atoms with E-state index in [0.29, 0.717) is 12.0 Å². The normalized spacial score (nSPS) is 10.6. The first kappa shape index (κ1) is 17.0. The molecule has 5 heteroatoms. The number of rotatable bonds is 6. The van der Waals surface area contributed by atoms with Crippen LogP contribution in [0.1, 0.15) is 10.4 Å². The van der Waals surface area contributed by atoms with Gasteiger partial charge in [0.25, 0.3) is 0 Å². The van der Waals surface area contributed by atoms with Gasteiger partial charge in [0.1, 0.15) is 11.3 Å². The number of aromatic carboxylic acids is 1. The number of carboxylic acid groups (broad SMARTS) is 1. The molecule has 0 fully saturated rings. The van der Waals surface area contributed by atoms with Crippen molar-refractivity contribution in [2.75, 3.05) is 11.6 Å². The predicted molar refractivity (Wildman–Crippen MR) is 103 cm³/mol. The van der Waals surface area contributed by atoms with Crippen molar-refractivity contribution in [1.29, 1.82) is 0 Å². The highest BCUT2D eigenvalue weighted by Crippen LogP contribution is 2.34. The summed E-state index contributed by atoms with van der Waals surface area (Å²) in [5, 5.41) is 24.7. The molecular weight excluding hydrogens is 333 g/mol. The van der Waals surface area contributed by atoms with Crippen molar-refractivity contribution in [1.82, 2.24) is 0 Å². The van der Waals surface area contributed by atoms with Crippen molar-refractivity contribution in [2.24, 2.45) is 0 Å². The summed E-state index contributed by atoms with van der Waals surface area (Å²) >= 11 is 0. The predicted octanol–water partition coefficient (Wildman–Crippen LogP) is 3.59. The fraction of sp³-hybridized carbons (Fsp3) is 0.0500. The molecule has 126 valence electrons. The van der Waals surface area contributed by atoms with E-state index in [4.69, 9.17) is 5.11 Å². The van der Waals surface area contributed by atoms with Crippen molar-refractivity contribution < 1.29 is 15.0 Å². The molecular formula is C20H18NO3P. The zero-order valence-corrected chi connectivity index (χ0v) is 14.4. The van der Waals surface area contributed by atoms with Crippen LogP contribution in [0.2, 0.25) is 0 Å². The maximum absolute atomic E-state index is 11.0. The lowest BCUT2D eigenvalue weighted by molar-refractivity contribution is 0.0694. The Morgan fingerprint density at radius 1 is 0.880 bits per heavy atom. The summed E-state index contributed by atoms with van der Waals surface area (Å²) in [6.45, 7) is 0. The Morgan fingerprint density at radius 2 is 1.44 bits per heavy atom. The molecule has 0 saturated heterocycles. The molecule has 0 unspecified atom stereocenters. The molecule has 25 heavy (non-hydrogen) atoms. The quantitative estimate of drug-likeness (QED) is 0.594. The van der Waals surface area contributed by atoms with Crippen LogP contribution in [0.15, 0.2) is 78.9 Å². The van der Waals surface area contributed by atoms with Crippen molar-refractivity contribution in [3.05, 3.63) is 84.4 Å². The Morgan fingerprint density at radius 3 is 1.92 bits per heavy atom. The minimum absolute atomic E-state index is 0.0982. The van der Waals surface area contributed by atoms with Crippen LogP contribution in [0.3, 0.4) is 0 Å². The second-order valence-corrected chi connectivity index (χ2v) is 7.68. The molecule has 0 aliphatic rings. The number of carboxylic acids is 1. The van der Waals surface area contributed by atoms with Gasteiger partial charge in [-0.25, -0.2) is 4.79 Å². The number of hydrogen-bond acceptors (Lipinski definition) is 3. The van der Waals surface area contributed by atoms with Gasteiger partial charge in [0, 0.05) is 18.0 Å². The van der Waals surface area contributed by atoms with E-state index in [1.54, 1.807) is 6.07 Å². The standard InChI is InChI=1S/C20H18NO3P/c22-19-13-15(11-12-18(19)20(23)24)21-14-25(16-7-3-1-4-8-16)17-9-5-2-6-10-17/h1-13,21-22H,14H2,(H,23,24). The summed E-state index contributed by atoms with van der Waals surface area (Å²) in [7, 11) is -0.613. The Labute approximate surface area is 147 Å². The number of phenols is 1. The average molecular weight is 351 g/mol. The summed E-state index contributed by atoms with van der Waals surface area (Å²) in [6, 6.07) is 25.1. The summed E-state index contributed by atoms with van der Waals surface area (Å²) < 4.78 is 0. The summed E-state index contributed by atoms with van der Waals surface area (Å²) in [4.78, 5) is 11.0. The number of benzene rings is 3. The number of carbonyl (C=O) groups is 1. The van der Waals surface area contributed by atoms with E-state index in [1.807, 2.05) is 36.4 Å². The third kappa shape index (κ3) is 4.17. The summed E-state index contributed by atoms with van der Waals surface area (Å²) in [5.74, 6) is -1.37. The Balaban J connectivity index is 1.82. The first-order valence-corrected chi connectivity index (χ1v) is 9.35. The van der Waals surface area contributed by atoms with Crippen LogP contribution >= 0.6 is 7.92 Å². The molecule has 3 aromatic rings. The van der Waals surface area contributed by atoms with Gasteiger partial charge in [-0.2, -0.15) is 0 Å². The highest BCUT2D eigenvalue weighted by atomic mass is 31.1. The highest BCUT2D eigenvalue weighted by molar-refractivity contribution is 7.73. The zero-order chi connectivity index (χ0) is 17.6. The number of aromatic hydroxyl groups is 1.